The van der Waals surface area contributed by atoms with E-state index in [1.165, 1.54) is 27.8 Å². The van der Waals surface area contributed by atoms with Crippen molar-refractivity contribution < 1.29 is 9.90 Å². The molecule has 2 atom stereocenters. The van der Waals surface area contributed by atoms with E-state index < -0.39 is 6.09 Å². The van der Waals surface area contributed by atoms with E-state index in [0.29, 0.717) is 5.92 Å². The second-order valence-corrected chi connectivity index (χ2v) is 10.4. The van der Waals surface area contributed by atoms with Crippen molar-refractivity contribution in [1.29, 1.82) is 0 Å². The minimum Gasteiger partial charge on any atom is -0.465 e. The lowest BCUT2D eigenvalue weighted by Crippen LogP contribution is -2.60. The Bertz CT molecular complexity index is 1000. The number of aryl methyl sites for hydroxylation is 2. The second-order valence-electron chi connectivity index (χ2n) is 10.4. The summed E-state index contributed by atoms with van der Waals surface area (Å²) in [6.45, 7) is 5.30. The molecule has 1 N–H and O–H groups in total. The average Bonchev–Trinajstić information content (AvgIpc) is 3.56. The molecular weight excluding hydrogens is 384 g/mol. The Balaban J connectivity index is 1.44. The van der Waals surface area contributed by atoms with E-state index in [4.69, 9.17) is 0 Å². The van der Waals surface area contributed by atoms with E-state index >= 15 is 0 Å². The van der Waals surface area contributed by atoms with Crippen LogP contribution in [0.2, 0.25) is 0 Å². The highest BCUT2D eigenvalue weighted by Gasteiger charge is 2.57. The van der Waals surface area contributed by atoms with Crippen LogP contribution in [0.4, 0.5) is 4.79 Å². The maximum Gasteiger partial charge on any atom is 0.408 e. The third-order valence-corrected chi connectivity index (χ3v) is 8.67. The zero-order chi connectivity index (χ0) is 21.2. The second kappa shape index (κ2) is 7.09. The van der Waals surface area contributed by atoms with Gasteiger partial charge in [-0.25, -0.2) is 4.79 Å². The molecule has 4 heteroatoms. The van der Waals surface area contributed by atoms with Crippen molar-refractivity contribution in [3.8, 4) is 11.1 Å². The Hall–Kier alpha value is -2.33. The summed E-state index contributed by atoms with van der Waals surface area (Å²) >= 11 is 0. The Morgan fingerprint density at radius 1 is 1.03 bits per heavy atom. The third kappa shape index (κ3) is 3.18. The smallest absolute Gasteiger partial charge is 0.408 e. The highest BCUT2D eigenvalue weighted by molar-refractivity contribution is 5.69. The van der Waals surface area contributed by atoms with Gasteiger partial charge < -0.3 is 10.0 Å². The summed E-state index contributed by atoms with van der Waals surface area (Å²) < 4.78 is 0. The largest absolute Gasteiger partial charge is 0.465 e. The molecule has 2 bridgehead atoms. The topological polar surface area (TPSA) is 43.8 Å². The molecular formula is C27H32N2O2. The maximum atomic E-state index is 12.8. The molecule has 162 valence electrons. The lowest BCUT2D eigenvalue weighted by molar-refractivity contribution is -0.0243. The highest BCUT2D eigenvalue weighted by atomic mass is 16.4. The van der Waals surface area contributed by atoms with E-state index in [-0.39, 0.29) is 17.5 Å². The van der Waals surface area contributed by atoms with Gasteiger partial charge in [0, 0.05) is 6.54 Å². The molecule has 2 aromatic carbocycles. The van der Waals surface area contributed by atoms with Crippen molar-refractivity contribution in [3.63, 3.8) is 0 Å². The van der Waals surface area contributed by atoms with Crippen molar-refractivity contribution in [2.24, 2.45) is 11.3 Å². The zero-order valence-corrected chi connectivity index (χ0v) is 18.4. The molecule has 3 aliphatic heterocycles. The molecule has 1 spiro atoms. The van der Waals surface area contributed by atoms with Crippen LogP contribution in [-0.2, 0) is 6.42 Å². The van der Waals surface area contributed by atoms with Gasteiger partial charge in [0.05, 0.1) is 12.1 Å². The van der Waals surface area contributed by atoms with E-state index in [1.807, 2.05) is 4.90 Å². The van der Waals surface area contributed by atoms with Crippen LogP contribution in [0.25, 0.3) is 11.1 Å². The molecule has 0 aromatic heterocycles. The highest BCUT2D eigenvalue weighted by Crippen LogP contribution is 2.64. The van der Waals surface area contributed by atoms with Crippen LogP contribution in [-0.4, -0.2) is 46.7 Å². The molecule has 3 saturated heterocycles. The number of benzene rings is 2. The molecule has 1 amide bonds. The van der Waals surface area contributed by atoms with E-state index in [2.05, 4.69) is 54.3 Å². The number of carbonyl (C=O) groups is 1. The van der Waals surface area contributed by atoms with Crippen molar-refractivity contribution in [2.75, 3.05) is 19.6 Å². The number of carboxylic acid groups (broad SMARTS) is 1. The Morgan fingerprint density at radius 3 is 2.35 bits per heavy atom. The number of amides is 1. The van der Waals surface area contributed by atoms with Crippen molar-refractivity contribution >= 4 is 6.09 Å². The molecule has 1 saturated carbocycles. The quantitative estimate of drug-likeness (QED) is 0.718. The van der Waals surface area contributed by atoms with Crippen LogP contribution in [0.1, 0.15) is 54.8 Å². The van der Waals surface area contributed by atoms with Gasteiger partial charge in [-0.15, -0.1) is 0 Å². The molecule has 1 unspecified atom stereocenters. The van der Waals surface area contributed by atoms with Gasteiger partial charge in [0.2, 0.25) is 0 Å². The predicted molar refractivity (Wildman–Crippen MR) is 122 cm³/mol. The van der Waals surface area contributed by atoms with Crippen LogP contribution in [0.5, 0.6) is 0 Å². The zero-order valence-electron chi connectivity index (χ0n) is 18.4. The first-order chi connectivity index (χ1) is 15.0. The van der Waals surface area contributed by atoms with Gasteiger partial charge in [-0.3, -0.25) is 4.90 Å². The Kier molecular flexibility index (Phi) is 4.43. The standard InChI is InChI=1S/C27H32N2O2/c1-18-2-4-19(5-3-18)22-7-6-20-8-11-27(12-13-27)25(23(20)16-22)29(26(30)31)24-17-28-14-9-21(24)10-15-28/h2-7,16,21,24-25H,8-15,17H2,1H3,(H,30,31)/t24-,25?/m1/s1. The van der Waals surface area contributed by atoms with Gasteiger partial charge >= 0.3 is 6.09 Å². The number of piperidine rings is 3. The number of nitrogens with zero attached hydrogens (tertiary/aromatic N) is 2. The van der Waals surface area contributed by atoms with Crippen LogP contribution in [0, 0.1) is 18.3 Å². The lowest BCUT2D eigenvalue weighted by Gasteiger charge is -2.52. The number of fused-ring (bicyclic) bond motifs is 4. The molecule has 4 fully saturated rings. The molecule has 2 aliphatic carbocycles. The number of hydrogen-bond donors (Lipinski definition) is 1. The van der Waals surface area contributed by atoms with E-state index in [9.17, 15) is 9.90 Å². The van der Waals surface area contributed by atoms with Crippen molar-refractivity contribution in [2.45, 2.75) is 57.5 Å². The van der Waals surface area contributed by atoms with Crippen LogP contribution in [0.3, 0.4) is 0 Å². The molecule has 0 radical (unpaired) electrons. The number of hydrogen-bond acceptors (Lipinski definition) is 2. The molecule has 2 aromatic rings. The van der Waals surface area contributed by atoms with Gasteiger partial charge in [-0.05, 0) is 98.2 Å². The first-order valence-electron chi connectivity index (χ1n) is 12.0. The molecule has 4 nitrogen and oxygen atoms in total. The summed E-state index contributed by atoms with van der Waals surface area (Å²) in [6, 6.07) is 15.6. The third-order valence-electron chi connectivity index (χ3n) is 8.67. The predicted octanol–water partition coefficient (Wildman–Crippen LogP) is 5.50. The maximum absolute atomic E-state index is 12.8. The normalized spacial score (nSPS) is 30.1. The van der Waals surface area contributed by atoms with Gasteiger partial charge in [0.25, 0.3) is 0 Å². The van der Waals surface area contributed by atoms with E-state index in [0.717, 1.165) is 58.2 Å². The van der Waals surface area contributed by atoms with Crippen molar-refractivity contribution in [3.05, 3.63) is 59.2 Å². The summed E-state index contributed by atoms with van der Waals surface area (Å²) in [5.41, 5.74) is 6.47. The average molecular weight is 417 g/mol. The fraction of sp³-hybridized carbons (Fsp3) is 0.519. The first-order valence-corrected chi connectivity index (χ1v) is 12.0. The van der Waals surface area contributed by atoms with Crippen molar-refractivity contribution in [1.82, 2.24) is 9.80 Å². The summed E-state index contributed by atoms with van der Waals surface area (Å²) in [7, 11) is 0. The lowest BCUT2D eigenvalue weighted by atomic mass is 9.73. The van der Waals surface area contributed by atoms with Gasteiger partial charge in [0.15, 0.2) is 0 Å². The monoisotopic (exact) mass is 416 g/mol. The first kappa shape index (κ1) is 19.4. The summed E-state index contributed by atoms with van der Waals surface area (Å²) in [5.74, 6) is 0.516. The van der Waals surface area contributed by atoms with Crippen LogP contribution >= 0.6 is 0 Å². The molecule has 3 heterocycles. The molecule has 5 aliphatic rings. The van der Waals surface area contributed by atoms with Crippen LogP contribution < -0.4 is 0 Å². The van der Waals surface area contributed by atoms with E-state index in [1.54, 1.807) is 0 Å². The van der Waals surface area contributed by atoms with Gasteiger partial charge in [0.1, 0.15) is 0 Å². The summed E-state index contributed by atoms with van der Waals surface area (Å²) in [6.07, 6.45) is 6.10. The Morgan fingerprint density at radius 2 is 1.74 bits per heavy atom. The fourth-order valence-electron chi connectivity index (χ4n) is 6.67. The number of rotatable bonds is 3. The molecule has 31 heavy (non-hydrogen) atoms. The summed E-state index contributed by atoms with van der Waals surface area (Å²) in [5, 5.41) is 10.5. The SMILES string of the molecule is Cc1ccc(-c2ccc3c(c2)C(N(C(=O)O)[C@@H]2CN4CCC2CC4)C2(CC3)CC2)cc1. The summed E-state index contributed by atoms with van der Waals surface area (Å²) in [4.78, 5) is 17.2. The van der Waals surface area contributed by atoms with Gasteiger partial charge in [-0.2, -0.15) is 0 Å². The molecule has 7 rings (SSSR count). The minimum atomic E-state index is -0.719. The Labute approximate surface area is 184 Å². The minimum absolute atomic E-state index is 0.00435. The fourth-order valence-corrected chi connectivity index (χ4v) is 6.67. The van der Waals surface area contributed by atoms with Crippen LogP contribution in [0.15, 0.2) is 42.5 Å². The van der Waals surface area contributed by atoms with Gasteiger partial charge in [-0.1, -0.05) is 42.0 Å².